The molecular formula is C12H14ClN3S. The Labute approximate surface area is 108 Å². The van der Waals surface area contributed by atoms with Crippen LogP contribution in [0.15, 0.2) is 27.6 Å². The molecule has 2 rings (SSSR count). The fourth-order valence-electron chi connectivity index (χ4n) is 1.97. The maximum absolute atomic E-state index is 5.79. The highest BCUT2D eigenvalue weighted by Gasteiger charge is 2.17. The molecule has 1 unspecified atom stereocenters. The largest absolute Gasteiger partial charge is 0.389 e. The van der Waals surface area contributed by atoms with Gasteiger partial charge in [0.15, 0.2) is 0 Å². The predicted octanol–water partition coefficient (Wildman–Crippen LogP) is 3.23. The van der Waals surface area contributed by atoms with Crippen molar-refractivity contribution < 1.29 is 0 Å². The number of hydrogen-bond donors (Lipinski definition) is 1. The van der Waals surface area contributed by atoms with E-state index in [1.807, 2.05) is 18.3 Å². The van der Waals surface area contributed by atoms with Gasteiger partial charge in [0.1, 0.15) is 5.15 Å². The van der Waals surface area contributed by atoms with Gasteiger partial charge in [-0.2, -0.15) is 0 Å². The molecule has 0 spiro atoms. The van der Waals surface area contributed by atoms with E-state index in [0.717, 1.165) is 24.8 Å². The van der Waals surface area contributed by atoms with Gasteiger partial charge in [0.2, 0.25) is 0 Å². The van der Waals surface area contributed by atoms with Crippen LogP contribution < -0.4 is 5.73 Å². The van der Waals surface area contributed by atoms with Gasteiger partial charge in [-0.3, -0.25) is 0 Å². The van der Waals surface area contributed by atoms with Crippen molar-refractivity contribution in [1.29, 1.82) is 0 Å². The first-order valence-electron chi connectivity index (χ1n) is 5.34. The van der Waals surface area contributed by atoms with E-state index < -0.39 is 0 Å². The Morgan fingerprint density at radius 1 is 1.47 bits per heavy atom. The molecule has 5 heteroatoms. The Kier molecular flexibility index (Phi) is 3.97. The summed E-state index contributed by atoms with van der Waals surface area (Å²) in [4.78, 5) is 5.40. The molecule has 3 nitrogen and oxygen atoms in total. The van der Waals surface area contributed by atoms with Gasteiger partial charge < -0.3 is 5.73 Å². The molecule has 2 N–H and O–H groups in total. The van der Waals surface area contributed by atoms with Crippen LogP contribution in [0.2, 0.25) is 5.15 Å². The molecule has 1 aliphatic rings. The summed E-state index contributed by atoms with van der Waals surface area (Å²) in [5, 5.41) is 0.516. The van der Waals surface area contributed by atoms with Crippen molar-refractivity contribution in [2.45, 2.75) is 19.3 Å². The average Bonchev–Trinajstić information content (AvgIpc) is 2.79. The number of pyridine rings is 1. The van der Waals surface area contributed by atoms with Crippen LogP contribution in [0.5, 0.6) is 0 Å². The Morgan fingerprint density at radius 3 is 2.94 bits per heavy atom. The van der Waals surface area contributed by atoms with Crippen LogP contribution in [-0.2, 0) is 0 Å². The SMILES string of the molecule is C=S(N=CN)C1=C(c2ccc(Cl)nc2)CCC1. The fraction of sp³-hybridized carbons (Fsp3) is 0.250. The smallest absolute Gasteiger partial charge is 0.129 e. The number of hydrogen-bond acceptors (Lipinski definition) is 2. The molecule has 0 amide bonds. The van der Waals surface area contributed by atoms with E-state index in [1.165, 1.54) is 16.8 Å². The van der Waals surface area contributed by atoms with Crippen molar-refractivity contribution in [2.75, 3.05) is 0 Å². The Bertz CT molecular complexity index is 491. The van der Waals surface area contributed by atoms with E-state index in [0.29, 0.717) is 5.15 Å². The number of rotatable bonds is 3. The minimum atomic E-state index is -0.368. The lowest BCUT2D eigenvalue weighted by molar-refractivity contribution is 0.930. The summed E-state index contributed by atoms with van der Waals surface area (Å²) in [5.41, 5.74) is 7.75. The van der Waals surface area contributed by atoms with E-state index in [2.05, 4.69) is 15.3 Å². The Morgan fingerprint density at radius 2 is 2.29 bits per heavy atom. The first kappa shape index (κ1) is 12.3. The third-order valence-electron chi connectivity index (χ3n) is 2.72. The molecule has 1 aromatic heterocycles. The van der Waals surface area contributed by atoms with Crippen molar-refractivity contribution >= 4 is 40.1 Å². The van der Waals surface area contributed by atoms with Crippen molar-refractivity contribution in [3.05, 3.63) is 34.0 Å². The molecule has 1 heterocycles. The Balaban J connectivity index is 2.38. The topological polar surface area (TPSA) is 51.3 Å². The van der Waals surface area contributed by atoms with Gasteiger partial charge in [0.05, 0.1) is 6.34 Å². The van der Waals surface area contributed by atoms with Gasteiger partial charge in [0.25, 0.3) is 0 Å². The van der Waals surface area contributed by atoms with Crippen LogP contribution in [0, 0.1) is 0 Å². The van der Waals surface area contributed by atoms with Gasteiger partial charge in [0, 0.05) is 11.1 Å². The summed E-state index contributed by atoms with van der Waals surface area (Å²) >= 11 is 5.79. The summed E-state index contributed by atoms with van der Waals surface area (Å²) in [6, 6.07) is 3.81. The quantitative estimate of drug-likeness (QED) is 0.396. The molecule has 0 saturated heterocycles. The van der Waals surface area contributed by atoms with Crippen molar-refractivity contribution in [1.82, 2.24) is 4.98 Å². The second kappa shape index (κ2) is 5.47. The van der Waals surface area contributed by atoms with Gasteiger partial charge >= 0.3 is 0 Å². The standard InChI is InChI=1S/C12H14ClN3S/c1-17(16-8-14)11-4-2-3-10(11)9-5-6-12(13)15-7-9/h5-8H,1-4H2,(H2,14,16). The van der Waals surface area contributed by atoms with Crippen molar-refractivity contribution in [3.8, 4) is 0 Å². The summed E-state index contributed by atoms with van der Waals surface area (Å²) in [7, 11) is -0.368. The molecule has 0 saturated carbocycles. The molecule has 1 atom stereocenters. The second-order valence-electron chi connectivity index (χ2n) is 3.74. The third kappa shape index (κ3) is 2.76. The lowest BCUT2D eigenvalue weighted by atomic mass is 10.1. The van der Waals surface area contributed by atoms with Crippen LogP contribution in [0.1, 0.15) is 24.8 Å². The van der Waals surface area contributed by atoms with E-state index in [-0.39, 0.29) is 10.7 Å². The van der Waals surface area contributed by atoms with Crippen LogP contribution in [0.3, 0.4) is 0 Å². The highest BCUT2D eigenvalue weighted by molar-refractivity contribution is 8.16. The summed E-state index contributed by atoms with van der Waals surface area (Å²) in [6.45, 7) is 0. The lowest BCUT2D eigenvalue weighted by Gasteiger charge is -2.07. The zero-order chi connectivity index (χ0) is 12.3. The monoisotopic (exact) mass is 267 g/mol. The fourth-order valence-corrected chi connectivity index (χ4v) is 3.24. The van der Waals surface area contributed by atoms with E-state index in [9.17, 15) is 0 Å². The second-order valence-corrected chi connectivity index (χ2v) is 5.56. The number of halogens is 1. The van der Waals surface area contributed by atoms with Crippen molar-refractivity contribution in [3.63, 3.8) is 0 Å². The van der Waals surface area contributed by atoms with Gasteiger partial charge in [-0.25, -0.2) is 9.38 Å². The molecule has 0 aliphatic heterocycles. The molecule has 0 bridgehead atoms. The normalized spacial score (nSPS) is 17.9. The molecule has 17 heavy (non-hydrogen) atoms. The number of aromatic nitrogens is 1. The number of nitrogens with two attached hydrogens (primary N) is 1. The first-order valence-corrected chi connectivity index (χ1v) is 7.07. The molecule has 0 aromatic carbocycles. The molecule has 0 radical (unpaired) electrons. The van der Waals surface area contributed by atoms with Crippen LogP contribution in [0.4, 0.5) is 0 Å². The molecular weight excluding hydrogens is 254 g/mol. The van der Waals surface area contributed by atoms with E-state index in [1.54, 1.807) is 0 Å². The van der Waals surface area contributed by atoms with E-state index >= 15 is 0 Å². The van der Waals surface area contributed by atoms with Crippen LogP contribution >= 0.6 is 22.3 Å². The molecule has 1 aliphatic carbocycles. The third-order valence-corrected chi connectivity index (χ3v) is 4.33. The summed E-state index contributed by atoms with van der Waals surface area (Å²) in [5.74, 6) is 4.05. The maximum atomic E-state index is 5.79. The van der Waals surface area contributed by atoms with Gasteiger partial charge in [-0.1, -0.05) is 17.7 Å². The summed E-state index contributed by atoms with van der Waals surface area (Å²) in [6.07, 6.45) is 6.39. The summed E-state index contributed by atoms with van der Waals surface area (Å²) < 4.78 is 4.16. The van der Waals surface area contributed by atoms with Crippen LogP contribution in [0.25, 0.3) is 5.57 Å². The first-order chi connectivity index (χ1) is 8.22. The molecule has 1 aromatic rings. The molecule has 90 valence electrons. The minimum Gasteiger partial charge on any atom is -0.389 e. The number of nitrogens with zero attached hydrogens (tertiary/aromatic N) is 2. The highest BCUT2D eigenvalue weighted by atomic mass is 35.5. The van der Waals surface area contributed by atoms with Gasteiger partial charge in [-0.05, 0) is 53.0 Å². The van der Waals surface area contributed by atoms with Crippen molar-refractivity contribution in [2.24, 2.45) is 10.1 Å². The Hall–Kier alpha value is -1.13. The van der Waals surface area contributed by atoms with Gasteiger partial charge in [-0.15, -0.1) is 0 Å². The zero-order valence-electron chi connectivity index (χ0n) is 9.40. The lowest BCUT2D eigenvalue weighted by Crippen LogP contribution is -1.88. The number of allylic oxidation sites excluding steroid dienone is 2. The highest BCUT2D eigenvalue weighted by Crippen LogP contribution is 2.43. The van der Waals surface area contributed by atoms with Crippen LogP contribution in [-0.4, -0.2) is 17.2 Å². The minimum absolute atomic E-state index is 0.368. The maximum Gasteiger partial charge on any atom is 0.129 e. The molecule has 0 fully saturated rings. The zero-order valence-corrected chi connectivity index (χ0v) is 11.0. The van der Waals surface area contributed by atoms with E-state index in [4.69, 9.17) is 17.3 Å². The average molecular weight is 268 g/mol. The predicted molar refractivity (Wildman–Crippen MR) is 77.4 cm³/mol.